The molecular formula is C39H50N4O8S. The first-order chi connectivity index (χ1) is 25.1. The van der Waals surface area contributed by atoms with Crippen LogP contribution >= 0.6 is 11.8 Å². The molecule has 6 aliphatic heterocycles. The number of nitrogens with one attached hydrogen (secondary N) is 1. The largest absolute Gasteiger partial charge is 0.507 e. The highest BCUT2D eigenvalue weighted by Gasteiger charge is 2.60. The topological polar surface area (TPSA) is 143 Å². The van der Waals surface area contributed by atoms with Crippen molar-refractivity contribution in [3.63, 3.8) is 0 Å². The number of carbonyl (C=O) groups excluding carboxylic acids is 2. The normalized spacial score (nSPS) is 27.6. The zero-order valence-electron chi connectivity index (χ0n) is 31.0. The number of amides is 1. The quantitative estimate of drug-likeness (QED) is 0.183. The molecule has 4 bridgehead atoms. The van der Waals surface area contributed by atoms with Crippen molar-refractivity contribution in [1.82, 2.24) is 15.1 Å². The SMILES string of the molecule is CCCCCCCC(=O)N[C@H]1CS[C@@H]2c3c(O)c(C)c4c(c3[C@H](COC1=O)N1C2[C@H]2c3c(cc(C)c(C)c3OCOC)C[C@@H]([C@@H]1C#N)N2C)OCO4. The minimum Gasteiger partial charge on any atom is -0.507 e. The van der Waals surface area contributed by atoms with Crippen molar-refractivity contribution in [3.8, 4) is 29.1 Å². The Bertz CT molecular complexity index is 1780. The monoisotopic (exact) mass is 734 g/mol. The zero-order chi connectivity index (χ0) is 36.8. The van der Waals surface area contributed by atoms with Crippen LogP contribution in [0.4, 0.5) is 0 Å². The lowest BCUT2D eigenvalue weighted by molar-refractivity contribution is -0.152. The van der Waals surface area contributed by atoms with Crippen molar-refractivity contribution in [2.24, 2.45) is 0 Å². The molecule has 8 rings (SSSR count). The molecular weight excluding hydrogens is 685 g/mol. The number of unbranched alkanes of at least 4 members (excludes halogenated alkanes) is 4. The molecule has 13 heteroatoms. The molecule has 1 amide bonds. The summed E-state index contributed by atoms with van der Waals surface area (Å²) in [6.45, 7) is 8.08. The molecule has 12 nitrogen and oxygen atoms in total. The Morgan fingerprint density at radius 1 is 1.10 bits per heavy atom. The number of hydrogen-bond acceptors (Lipinski definition) is 12. The number of piperazine rings is 1. The number of esters is 1. The minimum atomic E-state index is -0.883. The van der Waals surface area contributed by atoms with Gasteiger partial charge >= 0.3 is 5.97 Å². The van der Waals surface area contributed by atoms with Gasteiger partial charge < -0.3 is 34.1 Å². The molecule has 0 spiro atoms. The van der Waals surface area contributed by atoms with Gasteiger partial charge in [-0.1, -0.05) is 38.7 Å². The fraction of sp³-hybridized carbons (Fsp3) is 0.615. The lowest BCUT2D eigenvalue weighted by Crippen LogP contribution is -2.69. The van der Waals surface area contributed by atoms with E-state index in [1.54, 1.807) is 7.11 Å². The van der Waals surface area contributed by atoms with Crippen LogP contribution < -0.4 is 19.5 Å². The molecule has 7 atom stereocenters. The summed E-state index contributed by atoms with van der Waals surface area (Å²) in [6.07, 6.45) is 6.01. The van der Waals surface area contributed by atoms with E-state index < -0.39 is 29.3 Å². The Morgan fingerprint density at radius 2 is 1.87 bits per heavy atom. The summed E-state index contributed by atoms with van der Waals surface area (Å²) < 4.78 is 29.9. The van der Waals surface area contributed by atoms with Crippen LogP contribution in [0.15, 0.2) is 6.07 Å². The van der Waals surface area contributed by atoms with Gasteiger partial charge in [0, 0.05) is 53.6 Å². The molecule has 1 unspecified atom stereocenters. The van der Waals surface area contributed by atoms with Gasteiger partial charge in [0.2, 0.25) is 12.7 Å². The molecule has 6 heterocycles. The first-order valence-electron chi connectivity index (χ1n) is 18.5. The maximum Gasteiger partial charge on any atom is 0.329 e. The van der Waals surface area contributed by atoms with Gasteiger partial charge in [-0.2, -0.15) is 5.26 Å². The van der Waals surface area contributed by atoms with E-state index in [1.807, 2.05) is 6.92 Å². The second-order valence-electron chi connectivity index (χ2n) is 14.7. The van der Waals surface area contributed by atoms with Gasteiger partial charge in [0.1, 0.15) is 30.2 Å². The van der Waals surface area contributed by atoms with Crippen LogP contribution in [0.3, 0.4) is 0 Å². The molecule has 2 fully saturated rings. The Morgan fingerprint density at radius 3 is 2.62 bits per heavy atom. The molecule has 2 N–H and O–H groups in total. The molecule has 0 aliphatic carbocycles. The van der Waals surface area contributed by atoms with Crippen molar-refractivity contribution in [1.29, 1.82) is 5.26 Å². The number of hydrogen-bond donors (Lipinski definition) is 2. The Kier molecular flexibility index (Phi) is 10.6. The third-order valence-electron chi connectivity index (χ3n) is 11.7. The Balaban J connectivity index is 1.37. The lowest BCUT2D eigenvalue weighted by atomic mass is 9.71. The number of rotatable bonds is 10. The lowest BCUT2D eigenvalue weighted by Gasteiger charge is -2.61. The zero-order valence-corrected chi connectivity index (χ0v) is 31.8. The van der Waals surface area contributed by atoms with E-state index in [9.17, 15) is 20.0 Å². The van der Waals surface area contributed by atoms with E-state index in [1.165, 1.54) is 11.8 Å². The summed E-state index contributed by atoms with van der Waals surface area (Å²) in [5.74, 6) is 1.36. The van der Waals surface area contributed by atoms with E-state index in [0.29, 0.717) is 41.0 Å². The molecule has 6 aliphatic rings. The van der Waals surface area contributed by atoms with Gasteiger partial charge in [-0.25, -0.2) is 4.79 Å². The Labute approximate surface area is 310 Å². The summed E-state index contributed by atoms with van der Waals surface area (Å²) in [5.41, 5.74) is 6.23. The van der Waals surface area contributed by atoms with Crippen LogP contribution in [-0.4, -0.2) is 91.1 Å². The van der Waals surface area contributed by atoms with Gasteiger partial charge in [0.15, 0.2) is 18.3 Å². The maximum atomic E-state index is 13.8. The van der Waals surface area contributed by atoms with E-state index in [4.69, 9.17) is 23.7 Å². The molecule has 52 heavy (non-hydrogen) atoms. The first-order valence-corrected chi connectivity index (χ1v) is 19.5. The van der Waals surface area contributed by atoms with Gasteiger partial charge in [-0.3, -0.25) is 14.6 Å². The number of aryl methyl sites for hydroxylation is 1. The van der Waals surface area contributed by atoms with Crippen molar-refractivity contribution < 1.29 is 38.4 Å². The number of phenols is 1. The third kappa shape index (κ3) is 6.05. The number of nitriles is 1. The van der Waals surface area contributed by atoms with Crippen molar-refractivity contribution >= 4 is 23.6 Å². The van der Waals surface area contributed by atoms with E-state index in [-0.39, 0.29) is 55.7 Å². The number of methoxy groups -OCH3 is 1. The highest BCUT2D eigenvalue weighted by molar-refractivity contribution is 7.99. The summed E-state index contributed by atoms with van der Waals surface area (Å²) in [4.78, 5) is 31.5. The number of phenolic OH excluding ortho intramolecular Hbond substituents is 1. The Hall–Kier alpha value is -3.70. The molecule has 0 saturated carbocycles. The van der Waals surface area contributed by atoms with Gasteiger partial charge in [0.25, 0.3) is 0 Å². The van der Waals surface area contributed by atoms with E-state index in [2.05, 4.69) is 55.1 Å². The number of likely N-dealkylation sites (N-methyl/N-ethyl adjacent to an activating group) is 1. The summed E-state index contributed by atoms with van der Waals surface area (Å²) in [6, 6.07) is 1.93. The minimum absolute atomic E-state index is 0.00572. The maximum absolute atomic E-state index is 13.8. The molecule has 2 aromatic carbocycles. The average Bonchev–Trinajstić information content (AvgIpc) is 3.62. The number of aromatic hydroxyl groups is 1. The van der Waals surface area contributed by atoms with Crippen LogP contribution in [0, 0.1) is 32.1 Å². The summed E-state index contributed by atoms with van der Waals surface area (Å²) in [7, 11) is 3.67. The van der Waals surface area contributed by atoms with Gasteiger partial charge in [0.05, 0.1) is 23.4 Å². The van der Waals surface area contributed by atoms with Gasteiger partial charge in [-0.05, 0) is 57.4 Å². The molecule has 0 radical (unpaired) electrons. The second-order valence-corrected chi connectivity index (χ2v) is 15.9. The molecule has 2 saturated heterocycles. The van der Waals surface area contributed by atoms with Crippen molar-refractivity contribution in [2.75, 3.05) is 40.1 Å². The highest BCUT2D eigenvalue weighted by atomic mass is 32.2. The van der Waals surface area contributed by atoms with Gasteiger partial charge in [-0.15, -0.1) is 11.8 Å². The number of carbonyl (C=O) groups is 2. The summed E-state index contributed by atoms with van der Waals surface area (Å²) in [5, 5.41) is 25.7. The van der Waals surface area contributed by atoms with Crippen LogP contribution in [0.1, 0.15) is 102 Å². The van der Waals surface area contributed by atoms with Crippen LogP contribution in [0.25, 0.3) is 0 Å². The number of nitrogens with zero attached hydrogens (tertiary/aromatic N) is 3. The number of fused-ring (bicyclic) bond motifs is 10. The third-order valence-corrected chi connectivity index (χ3v) is 13.1. The number of ether oxygens (including phenoxy) is 5. The van der Waals surface area contributed by atoms with E-state index in [0.717, 1.165) is 60.1 Å². The smallest absolute Gasteiger partial charge is 0.329 e. The fourth-order valence-corrected chi connectivity index (χ4v) is 10.6. The molecule has 280 valence electrons. The molecule has 0 aromatic heterocycles. The highest BCUT2D eigenvalue weighted by Crippen LogP contribution is 2.63. The first kappa shape index (κ1) is 36.6. The average molecular weight is 735 g/mol. The van der Waals surface area contributed by atoms with Crippen molar-refractivity contribution in [3.05, 3.63) is 45.0 Å². The van der Waals surface area contributed by atoms with Crippen LogP contribution in [0.5, 0.6) is 23.0 Å². The molecule has 2 aromatic rings. The van der Waals surface area contributed by atoms with Crippen LogP contribution in [-0.2, 0) is 25.5 Å². The predicted octanol–water partition coefficient (Wildman–Crippen LogP) is 5.43. The fourth-order valence-electron chi connectivity index (χ4n) is 9.11. The predicted molar refractivity (Wildman–Crippen MR) is 195 cm³/mol. The number of benzene rings is 2. The number of thioether (sulfide) groups is 1. The second kappa shape index (κ2) is 15.0. The standard InChI is InChI=1S/C39H50N4O8S/c1-7-8-9-10-11-12-28(44)41-24-17-52-38-31-30(37-36(50-19-51-37)22(4)34(31)45)27(16-48-39(24)46)43-26(15-40)25-14-23-13-20(2)21(3)35(49-18-47-6)29(23)32(33(38)43)42(25)5/h13,24-27,32-33,38,45H,7-12,14,16-19H2,1-6H3,(H,41,44)/t24-,25-,26-,27-,32+,33?,38+/m0/s1. The van der Waals surface area contributed by atoms with E-state index >= 15 is 0 Å². The van der Waals surface area contributed by atoms with Crippen molar-refractivity contribution in [2.45, 2.75) is 114 Å². The summed E-state index contributed by atoms with van der Waals surface area (Å²) >= 11 is 1.49. The van der Waals surface area contributed by atoms with Crippen LogP contribution in [0.2, 0.25) is 0 Å².